The molecule has 0 fully saturated rings. The lowest BCUT2D eigenvalue weighted by Crippen LogP contribution is -2.14. The predicted molar refractivity (Wildman–Crippen MR) is 117 cm³/mol. The molecule has 3 aromatic carbocycles. The number of phenols is 1. The molecule has 5 nitrogen and oxygen atoms in total. The summed E-state index contributed by atoms with van der Waals surface area (Å²) in [6.45, 7) is 2.58. The van der Waals surface area contributed by atoms with Crippen LogP contribution in [-0.2, 0) is 11.3 Å². The van der Waals surface area contributed by atoms with Gasteiger partial charge in [0.25, 0.3) is 0 Å². The van der Waals surface area contributed by atoms with Crippen LogP contribution in [0.3, 0.4) is 0 Å². The zero-order chi connectivity index (χ0) is 21.1. The topological polar surface area (TPSA) is 60.7 Å². The Balaban J connectivity index is 1.97. The van der Waals surface area contributed by atoms with Gasteiger partial charge in [0.2, 0.25) is 0 Å². The lowest BCUT2D eigenvalue weighted by atomic mass is 10.0. The summed E-state index contributed by atoms with van der Waals surface area (Å²) in [6, 6.07) is 22.6. The monoisotopic (exact) mass is 401 g/mol. The van der Waals surface area contributed by atoms with Crippen LogP contribution >= 0.6 is 0 Å². The van der Waals surface area contributed by atoms with Crippen LogP contribution in [0.2, 0.25) is 0 Å². The van der Waals surface area contributed by atoms with Gasteiger partial charge in [0.05, 0.1) is 13.7 Å². The minimum atomic E-state index is -0.375. The summed E-state index contributed by atoms with van der Waals surface area (Å²) in [4.78, 5) is 13.1. The van der Waals surface area contributed by atoms with Crippen LogP contribution < -0.4 is 4.74 Å². The standard InChI is InChI=1S/C25H23NO4/c1-3-30-25(28)24-23(18-11-13-19(27)14-12-18)21-9-4-5-10-22(21)26(24)16-17-7-6-8-20(15-17)29-2/h4-15,27H,3,16H2,1-2H3. The van der Waals surface area contributed by atoms with Crippen molar-refractivity contribution in [3.63, 3.8) is 0 Å². The van der Waals surface area contributed by atoms with Crippen molar-refractivity contribution in [3.05, 3.63) is 84.1 Å². The van der Waals surface area contributed by atoms with Crippen molar-refractivity contribution in [1.29, 1.82) is 0 Å². The minimum absolute atomic E-state index is 0.177. The molecule has 0 unspecified atom stereocenters. The van der Waals surface area contributed by atoms with E-state index in [4.69, 9.17) is 9.47 Å². The van der Waals surface area contributed by atoms with Gasteiger partial charge in [-0.1, -0.05) is 42.5 Å². The Bertz CT molecular complexity index is 1190. The van der Waals surface area contributed by atoms with E-state index < -0.39 is 0 Å². The number of para-hydroxylation sites is 1. The molecule has 1 heterocycles. The van der Waals surface area contributed by atoms with Gasteiger partial charge in [-0.2, -0.15) is 0 Å². The third-order valence-corrected chi connectivity index (χ3v) is 5.07. The molecule has 0 amide bonds. The van der Waals surface area contributed by atoms with Crippen molar-refractivity contribution < 1.29 is 19.4 Å². The fraction of sp³-hybridized carbons (Fsp3) is 0.160. The number of hydrogen-bond donors (Lipinski definition) is 1. The summed E-state index contributed by atoms with van der Waals surface area (Å²) in [5, 5.41) is 10.7. The first kappa shape index (κ1) is 19.6. The smallest absolute Gasteiger partial charge is 0.355 e. The normalized spacial score (nSPS) is 10.9. The number of esters is 1. The Hall–Kier alpha value is -3.73. The van der Waals surface area contributed by atoms with Crippen molar-refractivity contribution in [1.82, 2.24) is 4.57 Å². The molecule has 0 aliphatic carbocycles. The second-order valence-corrected chi connectivity index (χ2v) is 6.95. The molecule has 0 saturated carbocycles. The highest BCUT2D eigenvalue weighted by molar-refractivity contribution is 6.08. The molecule has 0 aliphatic rings. The van der Waals surface area contributed by atoms with E-state index in [1.54, 1.807) is 26.2 Å². The first-order chi connectivity index (χ1) is 14.6. The third-order valence-electron chi connectivity index (χ3n) is 5.07. The van der Waals surface area contributed by atoms with Crippen LogP contribution in [0.15, 0.2) is 72.8 Å². The Morgan fingerprint density at radius 3 is 2.50 bits per heavy atom. The maximum absolute atomic E-state index is 13.1. The van der Waals surface area contributed by atoms with Crippen LogP contribution in [0.25, 0.3) is 22.0 Å². The number of methoxy groups -OCH3 is 1. The van der Waals surface area contributed by atoms with Crippen molar-refractivity contribution in [2.24, 2.45) is 0 Å². The number of fused-ring (bicyclic) bond motifs is 1. The quantitative estimate of drug-likeness (QED) is 0.449. The summed E-state index contributed by atoms with van der Waals surface area (Å²) in [6.07, 6.45) is 0. The van der Waals surface area contributed by atoms with Gasteiger partial charge in [-0.15, -0.1) is 0 Å². The van der Waals surface area contributed by atoms with E-state index in [0.29, 0.717) is 12.2 Å². The van der Waals surface area contributed by atoms with Crippen LogP contribution in [0.5, 0.6) is 11.5 Å². The number of carbonyl (C=O) groups is 1. The first-order valence-electron chi connectivity index (χ1n) is 9.83. The number of aromatic hydroxyl groups is 1. The Kier molecular flexibility index (Phi) is 5.44. The molecule has 1 N–H and O–H groups in total. The van der Waals surface area contributed by atoms with Crippen molar-refractivity contribution in [2.45, 2.75) is 13.5 Å². The number of rotatable bonds is 6. The maximum Gasteiger partial charge on any atom is 0.355 e. The molecule has 0 bridgehead atoms. The molecule has 0 spiro atoms. The number of aromatic nitrogens is 1. The second-order valence-electron chi connectivity index (χ2n) is 6.95. The molecule has 5 heteroatoms. The first-order valence-corrected chi connectivity index (χ1v) is 9.83. The summed E-state index contributed by atoms with van der Waals surface area (Å²) in [5.74, 6) is 0.566. The predicted octanol–water partition coefficient (Wildman–Crippen LogP) is 5.25. The van der Waals surface area contributed by atoms with Gasteiger partial charge < -0.3 is 19.1 Å². The molecule has 30 heavy (non-hydrogen) atoms. The lowest BCUT2D eigenvalue weighted by Gasteiger charge is -2.13. The summed E-state index contributed by atoms with van der Waals surface area (Å²) in [5.41, 5.74) is 4.08. The molecule has 4 rings (SSSR count). The molecule has 1 aromatic heterocycles. The molecule has 4 aromatic rings. The van der Waals surface area contributed by atoms with Crippen molar-refractivity contribution >= 4 is 16.9 Å². The molecule has 0 atom stereocenters. The highest BCUT2D eigenvalue weighted by Gasteiger charge is 2.25. The number of benzene rings is 3. The highest BCUT2D eigenvalue weighted by atomic mass is 16.5. The van der Waals surface area contributed by atoms with Gasteiger partial charge in [-0.25, -0.2) is 4.79 Å². The average Bonchev–Trinajstić information content (AvgIpc) is 3.09. The van der Waals surface area contributed by atoms with E-state index in [-0.39, 0.29) is 18.3 Å². The Morgan fingerprint density at radius 1 is 1.00 bits per heavy atom. The summed E-state index contributed by atoms with van der Waals surface area (Å²) >= 11 is 0. The van der Waals surface area contributed by atoms with E-state index in [1.807, 2.05) is 65.2 Å². The SMILES string of the molecule is CCOC(=O)c1c(-c2ccc(O)cc2)c2ccccc2n1Cc1cccc(OC)c1. The summed E-state index contributed by atoms with van der Waals surface area (Å²) in [7, 11) is 1.64. The van der Waals surface area contributed by atoms with Crippen LogP contribution in [0.4, 0.5) is 0 Å². The van der Waals surface area contributed by atoms with Gasteiger partial charge in [0, 0.05) is 23.0 Å². The highest BCUT2D eigenvalue weighted by Crippen LogP contribution is 2.36. The van der Waals surface area contributed by atoms with E-state index in [0.717, 1.165) is 33.3 Å². The van der Waals surface area contributed by atoms with E-state index in [1.165, 1.54) is 0 Å². The minimum Gasteiger partial charge on any atom is -0.508 e. The van der Waals surface area contributed by atoms with Crippen molar-refractivity contribution in [3.8, 4) is 22.6 Å². The van der Waals surface area contributed by atoms with E-state index >= 15 is 0 Å². The van der Waals surface area contributed by atoms with Crippen LogP contribution in [-0.4, -0.2) is 29.4 Å². The Labute approximate surface area is 175 Å². The van der Waals surface area contributed by atoms with E-state index in [9.17, 15) is 9.90 Å². The largest absolute Gasteiger partial charge is 0.508 e. The molecular weight excluding hydrogens is 378 g/mol. The zero-order valence-electron chi connectivity index (χ0n) is 17.0. The molecule has 152 valence electrons. The number of ether oxygens (including phenoxy) is 2. The fourth-order valence-corrected chi connectivity index (χ4v) is 3.75. The number of phenolic OH excluding ortho intramolecular Hbond substituents is 1. The van der Waals surface area contributed by atoms with E-state index in [2.05, 4.69) is 0 Å². The van der Waals surface area contributed by atoms with Gasteiger partial charge in [-0.05, 0) is 48.4 Å². The van der Waals surface area contributed by atoms with Crippen molar-refractivity contribution in [2.75, 3.05) is 13.7 Å². The molecule has 0 saturated heterocycles. The zero-order valence-corrected chi connectivity index (χ0v) is 17.0. The average molecular weight is 401 g/mol. The van der Waals surface area contributed by atoms with Crippen LogP contribution in [0.1, 0.15) is 23.0 Å². The van der Waals surface area contributed by atoms with Gasteiger partial charge >= 0.3 is 5.97 Å². The molecule has 0 radical (unpaired) electrons. The second kappa shape index (κ2) is 8.33. The number of nitrogens with zero attached hydrogens (tertiary/aromatic N) is 1. The Morgan fingerprint density at radius 2 is 1.77 bits per heavy atom. The molecular formula is C25H23NO4. The van der Waals surface area contributed by atoms with Crippen LogP contribution in [0, 0.1) is 0 Å². The van der Waals surface area contributed by atoms with Gasteiger partial charge in [0.15, 0.2) is 0 Å². The number of carbonyl (C=O) groups excluding carboxylic acids is 1. The number of hydrogen-bond acceptors (Lipinski definition) is 4. The van der Waals surface area contributed by atoms with Gasteiger partial charge in [-0.3, -0.25) is 0 Å². The van der Waals surface area contributed by atoms with Gasteiger partial charge in [0.1, 0.15) is 17.2 Å². The third kappa shape index (κ3) is 3.62. The fourth-order valence-electron chi connectivity index (χ4n) is 3.75. The molecule has 0 aliphatic heterocycles. The maximum atomic E-state index is 13.1. The lowest BCUT2D eigenvalue weighted by molar-refractivity contribution is 0.0516. The summed E-state index contributed by atoms with van der Waals surface area (Å²) < 4.78 is 12.8.